The molecule has 2 nitrogen and oxygen atoms in total. The van der Waals surface area contributed by atoms with Gasteiger partial charge < -0.3 is 10.4 Å². The van der Waals surface area contributed by atoms with E-state index in [9.17, 15) is 0 Å². The van der Waals surface area contributed by atoms with Crippen molar-refractivity contribution in [2.45, 2.75) is 65.0 Å². The predicted octanol–water partition coefficient (Wildman–Crippen LogP) is 2.32. The molecule has 0 aromatic heterocycles. The van der Waals surface area contributed by atoms with E-state index in [0.717, 1.165) is 13.0 Å². The third-order valence-corrected chi connectivity index (χ3v) is 3.20. The maximum atomic E-state index is 9.14. The van der Waals surface area contributed by atoms with Crippen LogP contribution in [0.3, 0.4) is 0 Å². The molecule has 84 valence electrons. The van der Waals surface area contributed by atoms with E-state index in [4.69, 9.17) is 5.11 Å². The second-order valence-corrected chi connectivity index (χ2v) is 5.55. The van der Waals surface area contributed by atoms with Crippen LogP contribution in [0.1, 0.15) is 52.9 Å². The first-order chi connectivity index (χ1) is 6.49. The summed E-state index contributed by atoms with van der Waals surface area (Å²) in [5.41, 5.74) is 0.515. The van der Waals surface area contributed by atoms with Crippen molar-refractivity contribution < 1.29 is 5.11 Å². The van der Waals surface area contributed by atoms with E-state index in [2.05, 4.69) is 19.2 Å². The van der Waals surface area contributed by atoms with E-state index in [0.29, 0.717) is 11.5 Å². The Morgan fingerprint density at radius 2 is 2.21 bits per heavy atom. The van der Waals surface area contributed by atoms with Crippen molar-refractivity contribution in [1.29, 1.82) is 0 Å². The normalized spacial score (nSPS) is 28.7. The van der Waals surface area contributed by atoms with Gasteiger partial charge in [-0.25, -0.2) is 0 Å². The van der Waals surface area contributed by atoms with Crippen LogP contribution in [-0.2, 0) is 0 Å². The quantitative estimate of drug-likeness (QED) is 0.728. The highest BCUT2D eigenvalue weighted by atomic mass is 16.3. The molecule has 1 aliphatic carbocycles. The summed E-state index contributed by atoms with van der Waals surface area (Å²) in [4.78, 5) is 0. The molecule has 1 aliphatic rings. The predicted molar refractivity (Wildman–Crippen MR) is 60.3 cm³/mol. The monoisotopic (exact) mass is 199 g/mol. The van der Waals surface area contributed by atoms with Gasteiger partial charge in [-0.3, -0.25) is 0 Å². The average Bonchev–Trinajstić information content (AvgIpc) is 2.01. The molecule has 0 saturated heterocycles. The van der Waals surface area contributed by atoms with Gasteiger partial charge in [0.25, 0.3) is 0 Å². The zero-order valence-corrected chi connectivity index (χ0v) is 9.84. The summed E-state index contributed by atoms with van der Waals surface area (Å²) >= 11 is 0. The van der Waals surface area contributed by atoms with E-state index >= 15 is 0 Å². The van der Waals surface area contributed by atoms with Crippen molar-refractivity contribution in [3.8, 4) is 0 Å². The summed E-state index contributed by atoms with van der Waals surface area (Å²) in [5, 5.41) is 12.7. The van der Waals surface area contributed by atoms with Gasteiger partial charge in [-0.15, -0.1) is 0 Å². The van der Waals surface area contributed by atoms with Crippen molar-refractivity contribution in [2.24, 2.45) is 5.41 Å². The number of hydrogen-bond donors (Lipinski definition) is 2. The molecule has 0 radical (unpaired) electrons. The minimum absolute atomic E-state index is 0.167. The number of hydrogen-bond acceptors (Lipinski definition) is 2. The lowest BCUT2D eigenvalue weighted by Gasteiger charge is -2.35. The van der Waals surface area contributed by atoms with Gasteiger partial charge in [0.1, 0.15) is 0 Å². The standard InChI is InChI=1S/C12H25NO/c1-10(14)6-8-13-11-5-4-7-12(2,3)9-11/h10-11,13-14H,4-9H2,1-3H3/t10-,11-/m0/s1. The zero-order chi connectivity index (χ0) is 10.6. The highest BCUT2D eigenvalue weighted by molar-refractivity contribution is 4.83. The average molecular weight is 199 g/mol. The van der Waals surface area contributed by atoms with Crippen LogP contribution in [0.25, 0.3) is 0 Å². The lowest BCUT2D eigenvalue weighted by atomic mass is 9.75. The van der Waals surface area contributed by atoms with Crippen molar-refractivity contribution in [3.63, 3.8) is 0 Å². The third kappa shape index (κ3) is 4.43. The molecule has 0 aromatic rings. The number of aliphatic hydroxyl groups is 1. The van der Waals surface area contributed by atoms with Crippen LogP contribution < -0.4 is 5.32 Å². The van der Waals surface area contributed by atoms with Crippen molar-refractivity contribution in [2.75, 3.05) is 6.54 Å². The molecule has 0 aromatic carbocycles. The molecule has 0 amide bonds. The molecule has 2 atom stereocenters. The fraction of sp³-hybridized carbons (Fsp3) is 1.00. The van der Waals surface area contributed by atoms with Crippen LogP contribution >= 0.6 is 0 Å². The van der Waals surface area contributed by atoms with Gasteiger partial charge in [-0.05, 0) is 44.6 Å². The fourth-order valence-corrected chi connectivity index (χ4v) is 2.37. The molecule has 0 heterocycles. The molecule has 2 heteroatoms. The summed E-state index contributed by atoms with van der Waals surface area (Å²) in [7, 11) is 0. The van der Waals surface area contributed by atoms with Crippen molar-refractivity contribution in [1.82, 2.24) is 5.32 Å². The summed E-state index contributed by atoms with van der Waals surface area (Å²) in [6.07, 6.45) is 6.01. The highest BCUT2D eigenvalue weighted by Gasteiger charge is 2.27. The first-order valence-corrected chi connectivity index (χ1v) is 5.91. The van der Waals surface area contributed by atoms with Crippen LogP contribution in [0.4, 0.5) is 0 Å². The number of nitrogens with one attached hydrogen (secondary N) is 1. The molecule has 1 saturated carbocycles. The van der Waals surface area contributed by atoms with Crippen LogP contribution in [0.15, 0.2) is 0 Å². The second-order valence-electron chi connectivity index (χ2n) is 5.55. The van der Waals surface area contributed by atoms with Gasteiger partial charge in [0.05, 0.1) is 6.10 Å². The Morgan fingerprint density at radius 1 is 1.50 bits per heavy atom. The smallest absolute Gasteiger partial charge is 0.0524 e. The van der Waals surface area contributed by atoms with E-state index in [1.165, 1.54) is 25.7 Å². The molecular weight excluding hydrogens is 174 g/mol. The first kappa shape index (κ1) is 12.0. The van der Waals surface area contributed by atoms with Crippen molar-refractivity contribution in [3.05, 3.63) is 0 Å². The highest BCUT2D eigenvalue weighted by Crippen LogP contribution is 2.34. The fourth-order valence-electron chi connectivity index (χ4n) is 2.37. The molecule has 0 unspecified atom stereocenters. The summed E-state index contributed by atoms with van der Waals surface area (Å²) < 4.78 is 0. The molecule has 2 N–H and O–H groups in total. The summed E-state index contributed by atoms with van der Waals surface area (Å²) in [5.74, 6) is 0. The Kier molecular flexibility index (Phi) is 4.39. The van der Waals surface area contributed by atoms with Crippen LogP contribution in [0, 0.1) is 5.41 Å². The van der Waals surface area contributed by atoms with E-state index < -0.39 is 0 Å². The Labute approximate surface area is 88.1 Å². The van der Waals surface area contributed by atoms with E-state index in [1.807, 2.05) is 6.92 Å². The molecule has 0 spiro atoms. The van der Waals surface area contributed by atoms with Gasteiger partial charge in [0, 0.05) is 6.04 Å². The minimum atomic E-state index is -0.167. The number of aliphatic hydroxyl groups excluding tert-OH is 1. The lowest BCUT2D eigenvalue weighted by Crippen LogP contribution is -2.38. The molecule has 0 aliphatic heterocycles. The maximum absolute atomic E-state index is 9.14. The topological polar surface area (TPSA) is 32.3 Å². The molecule has 1 fully saturated rings. The van der Waals surface area contributed by atoms with Gasteiger partial charge in [-0.2, -0.15) is 0 Å². The Bertz CT molecular complexity index is 166. The zero-order valence-electron chi connectivity index (χ0n) is 9.84. The van der Waals surface area contributed by atoms with Gasteiger partial charge >= 0.3 is 0 Å². The lowest BCUT2D eigenvalue weighted by molar-refractivity contribution is 0.169. The molecule has 0 bridgehead atoms. The molecular formula is C12H25NO. The largest absolute Gasteiger partial charge is 0.393 e. The Morgan fingerprint density at radius 3 is 2.79 bits per heavy atom. The maximum Gasteiger partial charge on any atom is 0.0524 e. The number of rotatable bonds is 4. The van der Waals surface area contributed by atoms with Gasteiger partial charge in [-0.1, -0.05) is 20.3 Å². The summed E-state index contributed by atoms with van der Waals surface area (Å²) in [6, 6.07) is 0.678. The minimum Gasteiger partial charge on any atom is -0.393 e. The van der Waals surface area contributed by atoms with Crippen LogP contribution in [0.5, 0.6) is 0 Å². The first-order valence-electron chi connectivity index (χ1n) is 5.91. The van der Waals surface area contributed by atoms with Crippen LogP contribution in [0.2, 0.25) is 0 Å². The second kappa shape index (κ2) is 5.13. The Hall–Kier alpha value is -0.0800. The SMILES string of the molecule is C[C@H](O)CCN[C@H]1CCCC(C)(C)C1. The third-order valence-electron chi connectivity index (χ3n) is 3.20. The van der Waals surface area contributed by atoms with Crippen molar-refractivity contribution >= 4 is 0 Å². The van der Waals surface area contributed by atoms with Crippen LogP contribution in [-0.4, -0.2) is 23.8 Å². The van der Waals surface area contributed by atoms with E-state index in [1.54, 1.807) is 0 Å². The van der Waals surface area contributed by atoms with E-state index in [-0.39, 0.29) is 6.10 Å². The molecule has 1 rings (SSSR count). The van der Waals surface area contributed by atoms with Gasteiger partial charge in [0.15, 0.2) is 0 Å². The summed E-state index contributed by atoms with van der Waals surface area (Å²) in [6.45, 7) is 7.52. The molecule has 14 heavy (non-hydrogen) atoms. The Balaban J connectivity index is 2.18. The van der Waals surface area contributed by atoms with Gasteiger partial charge in [0.2, 0.25) is 0 Å².